The van der Waals surface area contributed by atoms with E-state index in [1.807, 2.05) is 41.1 Å². The molecule has 122 valence electrons. The van der Waals surface area contributed by atoms with Crippen LogP contribution in [0, 0.1) is 0 Å². The summed E-state index contributed by atoms with van der Waals surface area (Å²) >= 11 is 3.14. The average Bonchev–Trinajstić information content (AvgIpc) is 3.35. The largest absolute Gasteiger partial charge is 0.293 e. The molecule has 4 aromatic rings. The third-order valence-electron chi connectivity index (χ3n) is 3.59. The molecule has 0 amide bonds. The van der Waals surface area contributed by atoms with Crippen LogP contribution < -0.4 is 0 Å². The van der Waals surface area contributed by atoms with Crippen molar-refractivity contribution in [1.29, 1.82) is 0 Å². The number of rotatable bonds is 4. The first kappa shape index (κ1) is 15.7. The third kappa shape index (κ3) is 3.11. The van der Waals surface area contributed by atoms with Gasteiger partial charge in [0.25, 0.3) is 0 Å². The molecule has 0 aliphatic rings. The maximum atomic E-state index is 11.7. The molecule has 5 nitrogen and oxygen atoms in total. The topological polar surface area (TPSA) is 68.6 Å². The van der Waals surface area contributed by atoms with E-state index in [-0.39, 0.29) is 5.78 Å². The van der Waals surface area contributed by atoms with Gasteiger partial charge in [-0.1, -0.05) is 12.1 Å². The molecule has 0 radical (unpaired) electrons. The Labute approximate surface area is 152 Å². The lowest BCUT2D eigenvalue weighted by molar-refractivity contribution is 0.101. The summed E-state index contributed by atoms with van der Waals surface area (Å²) in [5, 5.41) is 12.2. The standard InChI is InChI=1S/C18H12N4OS2/c1-11(23)13-7-6-12(17(20-13)15-4-2-8-24-15)14-10-19-22-18(21-14)16-5-3-9-25-16/h2-10H,1H3. The Morgan fingerprint density at radius 3 is 2.40 bits per heavy atom. The van der Waals surface area contributed by atoms with Gasteiger partial charge in [0.2, 0.25) is 0 Å². The van der Waals surface area contributed by atoms with Crippen molar-refractivity contribution >= 4 is 28.5 Å². The van der Waals surface area contributed by atoms with Crippen molar-refractivity contribution in [2.24, 2.45) is 0 Å². The Bertz CT molecular complexity index is 1030. The van der Waals surface area contributed by atoms with Gasteiger partial charge in [0, 0.05) is 12.5 Å². The van der Waals surface area contributed by atoms with Crippen LogP contribution in [0.4, 0.5) is 0 Å². The molecule has 0 aliphatic heterocycles. The van der Waals surface area contributed by atoms with Gasteiger partial charge in [0.1, 0.15) is 5.69 Å². The van der Waals surface area contributed by atoms with Gasteiger partial charge < -0.3 is 0 Å². The number of Topliss-reactive ketones (excluding diaryl/α,β-unsaturated/α-hetero) is 1. The number of nitrogens with zero attached hydrogens (tertiary/aromatic N) is 4. The van der Waals surface area contributed by atoms with Gasteiger partial charge in [-0.3, -0.25) is 4.79 Å². The molecule has 0 unspecified atom stereocenters. The fourth-order valence-electron chi connectivity index (χ4n) is 2.41. The van der Waals surface area contributed by atoms with Crippen molar-refractivity contribution < 1.29 is 4.79 Å². The van der Waals surface area contributed by atoms with E-state index in [0.29, 0.717) is 17.2 Å². The van der Waals surface area contributed by atoms with Crippen molar-refractivity contribution in [2.45, 2.75) is 6.92 Å². The molecule has 0 atom stereocenters. The van der Waals surface area contributed by atoms with E-state index >= 15 is 0 Å². The molecule has 4 rings (SSSR count). The number of pyridine rings is 1. The Balaban J connectivity index is 1.88. The second-order valence-corrected chi connectivity index (χ2v) is 7.16. The van der Waals surface area contributed by atoms with Crippen molar-refractivity contribution in [3.05, 3.63) is 59.0 Å². The van der Waals surface area contributed by atoms with Gasteiger partial charge >= 0.3 is 0 Å². The van der Waals surface area contributed by atoms with Crippen LogP contribution in [0.1, 0.15) is 17.4 Å². The Hall–Kier alpha value is -2.77. The lowest BCUT2D eigenvalue weighted by Crippen LogP contribution is -2.01. The zero-order chi connectivity index (χ0) is 17.2. The molecule has 0 fully saturated rings. The van der Waals surface area contributed by atoms with Crippen molar-refractivity contribution in [2.75, 3.05) is 0 Å². The minimum atomic E-state index is -0.0653. The van der Waals surface area contributed by atoms with Crippen LogP contribution in [-0.4, -0.2) is 25.9 Å². The first-order chi connectivity index (χ1) is 12.2. The molecule has 7 heteroatoms. The molecule has 0 aliphatic carbocycles. The summed E-state index contributed by atoms with van der Waals surface area (Å²) < 4.78 is 0. The summed E-state index contributed by atoms with van der Waals surface area (Å²) in [6.45, 7) is 1.52. The first-order valence-electron chi connectivity index (χ1n) is 7.52. The molecule has 0 saturated carbocycles. The summed E-state index contributed by atoms with van der Waals surface area (Å²) in [6, 6.07) is 11.5. The highest BCUT2D eigenvalue weighted by atomic mass is 32.1. The maximum Gasteiger partial charge on any atom is 0.192 e. The number of ketones is 1. The summed E-state index contributed by atoms with van der Waals surface area (Å²) in [4.78, 5) is 22.9. The minimum absolute atomic E-state index is 0.0653. The van der Waals surface area contributed by atoms with Crippen molar-refractivity contribution in [1.82, 2.24) is 20.2 Å². The summed E-state index contributed by atoms with van der Waals surface area (Å²) in [5.41, 5.74) is 2.69. The second kappa shape index (κ2) is 6.62. The van der Waals surface area contributed by atoms with Crippen LogP contribution in [0.2, 0.25) is 0 Å². The highest BCUT2D eigenvalue weighted by Crippen LogP contribution is 2.33. The first-order valence-corrected chi connectivity index (χ1v) is 9.28. The van der Waals surface area contributed by atoms with Crippen molar-refractivity contribution in [3.8, 4) is 32.5 Å². The number of hydrogen-bond acceptors (Lipinski definition) is 7. The van der Waals surface area contributed by atoms with Crippen LogP contribution in [0.5, 0.6) is 0 Å². The molecule has 25 heavy (non-hydrogen) atoms. The zero-order valence-corrected chi connectivity index (χ0v) is 14.8. The summed E-state index contributed by atoms with van der Waals surface area (Å²) in [6.07, 6.45) is 1.62. The van der Waals surface area contributed by atoms with Gasteiger partial charge in [-0.15, -0.1) is 27.8 Å². The molecular formula is C18H12N4OS2. The number of aromatic nitrogens is 4. The lowest BCUT2D eigenvalue weighted by atomic mass is 10.1. The maximum absolute atomic E-state index is 11.7. The van der Waals surface area contributed by atoms with Crippen LogP contribution in [-0.2, 0) is 0 Å². The fraction of sp³-hybridized carbons (Fsp3) is 0.0556. The fourth-order valence-corrected chi connectivity index (χ4v) is 3.79. The van der Waals surface area contributed by atoms with Crippen LogP contribution in [0.3, 0.4) is 0 Å². The van der Waals surface area contributed by atoms with Crippen LogP contribution >= 0.6 is 22.7 Å². The molecule has 0 bridgehead atoms. The number of hydrogen-bond donors (Lipinski definition) is 0. The Morgan fingerprint density at radius 2 is 1.72 bits per heavy atom. The predicted octanol–water partition coefficient (Wildman–Crippen LogP) is 4.59. The van der Waals surface area contributed by atoms with Gasteiger partial charge in [0.15, 0.2) is 11.6 Å². The van der Waals surface area contributed by atoms with Gasteiger partial charge in [-0.05, 0) is 35.0 Å². The highest BCUT2D eigenvalue weighted by Gasteiger charge is 2.15. The monoisotopic (exact) mass is 364 g/mol. The van der Waals surface area contributed by atoms with Gasteiger partial charge in [-0.25, -0.2) is 9.97 Å². The molecule has 4 aromatic heterocycles. The van der Waals surface area contributed by atoms with E-state index in [2.05, 4.69) is 20.2 Å². The van der Waals surface area contributed by atoms with E-state index in [1.54, 1.807) is 34.9 Å². The van der Waals surface area contributed by atoms with E-state index in [0.717, 1.165) is 21.0 Å². The third-order valence-corrected chi connectivity index (χ3v) is 5.33. The summed E-state index contributed by atoms with van der Waals surface area (Å²) in [7, 11) is 0. The van der Waals surface area contributed by atoms with Crippen LogP contribution in [0.25, 0.3) is 32.5 Å². The number of carbonyl (C=O) groups excluding carboxylic acids is 1. The summed E-state index contributed by atoms with van der Waals surface area (Å²) in [5.74, 6) is 0.518. The molecule has 0 spiro atoms. The smallest absolute Gasteiger partial charge is 0.192 e. The quantitative estimate of drug-likeness (QED) is 0.495. The molecule has 0 saturated heterocycles. The lowest BCUT2D eigenvalue weighted by Gasteiger charge is -2.08. The van der Waals surface area contributed by atoms with Gasteiger partial charge in [0.05, 0.1) is 27.3 Å². The molecule has 4 heterocycles. The Kier molecular flexibility index (Phi) is 4.17. The second-order valence-electron chi connectivity index (χ2n) is 5.27. The normalized spacial score (nSPS) is 10.8. The number of thiophene rings is 2. The van der Waals surface area contributed by atoms with Gasteiger partial charge in [-0.2, -0.15) is 5.10 Å². The van der Waals surface area contributed by atoms with E-state index in [4.69, 9.17) is 0 Å². The van der Waals surface area contributed by atoms with E-state index in [9.17, 15) is 4.79 Å². The van der Waals surface area contributed by atoms with E-state index < -0.39 is 0 Å². The van der Waals surface area contributed by atoms with E-state index in [1.165, 1.54) is 6.92 Å². The Morgan fingerprint density at radius 1 is 0.960 bits per heavy atom. The zero-order valence-electron chi connectivity index (χ0n) is 13.2. The average molecular weight is 364 g/mol. The highest BCUT2D eigenvalue weighted by molar-refractivity contribution is 7.13. The molecule has 0 aromatic carbocycles. The molecule has 0 N–H and O–H groups in total. The number of carbonyl (C=O) groups is 1. The van der Waals surface area contributed by atoms with Crippen molar-refractivity contribution in [3.63, 3.8) is 0 Å². The molecular weight excluding hydrogens is 352 g/mol. The SMILES string of the molecule is CC(=O)c1ccc(-c2cnnc(-c3cccs3)n2)c(-c2cccs2)n1. The predicted molar refractivity (Wildman–Crippen MR) is 99.7 cm³/mol. The minimum Gasteiger partial charge on any atom is -0.293 e. The van der Waals surface area contributed by atoms with Crippen LogP contribution in [0.15, 0.2) is 53.4 Å².